The van der Waals surface area contributed by atoms with Gasteiger partial charge >= 0.3 is 0 Å². The molecule has 1 rings (SSSR count). The number of unbranched alkanes of at least 4 members (excludes halogenated alkanes) is 2. The number of alkyl halides is 1. The van der Waals surface area contributed by atoms with Crippen LogP contribution in [0.25, 0.3) is 0 Å². The molecule has 0 fully saturated rings. The van der Waals surface area contributed by atoms with Gasteiger partial charge in [0.2, 0.25) is 5.91 Å². The van der Waals surface area contributed by atoms with E-state index in [2.05, 4.69) is 5.32 Å². The van der Waals surface area contributed by atoms with Gasteiger partial charge in [-0.2, -0.15) is 0 Å². The molecule has 17 heavy (non-hydrogen) atoms. The molecule has 0 saturated heterocycles. The van der Waals surface area contributed by atoms with Crippen LogP contribution in [0.2, 0.25) is 0 Å². The van der Waals surface area contributed by atoms with Crippen LogP contribution in [0.4, 0.5) is 0 Å². The molecule has 0 saturated carbocycles. The fourth-order valence-corrected chi connectivity index (χ4v) is 1.84. The third-order valence-electron chi connectivity index (χ3n) is 2.80. The number of rotatable bonds is 7. The highest BCUT2D eigenvalue weighted by Gasteiger charge is 2.13. The smallest absolute Gasteiger partial charge is 0.227 e. The average Bonchev–Trinajstić information content (AvgIpc) is 2.38. The molecule has 1 aromatic carbocycles. The van der Waals surface area contributed by atoms with Crippen molar-refractivity contribution in [3.63, 3.8) is 0 Å². The molecule has 3 heteroatoms. The molecule has 0 bridgehead atoms. The Morgan fingerprint density at radius 2 is 1.94 bits per heavy atom. The highest BCUT2D eigenvalue weighted by atomic mass is 35.5. The molecule has 0 aliphatic heterocycles. The molecule has 1 unspecified atom stereocenters. The molecule has 0 aliphatic carbocycles. The van der Waals surface area contributed by atoms with Crippen LogP contribution in [-0.4, -0.2) is 18.3 Å². The average molecular weight is 254 g/mol. The van der Waals surface area contributed by atoms with Gasteiger partial charge in [0.1, 0.15) is 0 Å². The van der Waals surface area contributed by atoms with Crippen molar-refractivity contribution in [1.82, 2.24) is 5.32 Å². The van der Waals surface area contributed by atoms with Gasteiger partial charge in [-0.25, -0.2) is 0 Å². The van der Waals surface area contributed by atoms with Gasteiger partial charge in [0.15, 0.2) is 0 Å². The van der Waals surface area contributed by atoms with Crippen molar-refractivity contribution in [3.05, 3.63) is 35.9 Å². The molecule has 0 radical (unpaired) electrons. The van der Waals surface area contributed by atoms with Crippen molar-refractivity contribution >= 4 is 17.5 Å². The first kappa shape index (κ1) is 14.0. The van der Waals surface area contributed by atoms with E-state index >= 15 is 0 Å². The Hall–Kier alpha value is -1.02. The summed E-state index contributed by atoms with van der Waals surface area (Å²) in [7, 11) is 0. The molecule has 2 nitrogen and oxygen atoms in total. The predicted octanol–water partition coefficient (Wildman–Crippen LogP) is 3.32. The van der Waals surface area contributed by atoms with E-state index in [9.17, 15) is 4.79 Å². The van der Waals surface area contributed by atoms with Gasteiger partial charge in [0, 0.05) is 12.4 Å². The highest BCUT2D eigenvalue weighted by molar-refractivity contribution is 6.17. The van der Waals surface area contributed by atoms with Crippen LogP contribution in [-0.2, 0) is 4.79 Å². The third kappa shape index (κ3) is 5.22. The molecule has 0 spiro atoms. The monoisotopic (exact) mass is 253 g/mol. The molecule has 0 heterocycles. The lowest BCUT2D eigenvalue weighted by Crippen LogP contribution is -2.28. The minimum absolute atomic E-state index is 0.0794. The van der Waals surface area contributed by atoms with Crippen LogP contribution >= 0.6 is 11.6 Å². The number of amides is 1. The van der Waals surface area contributed by atoms with Gasteiger partial charge in [0.05, 0.1) is 5.92 Å². The number of hydrogen-bond acceptors (Lipinski definition) is 1. The van der Waals surface area contributed by atoms with Crippen molar-refractivity contribution in [3.8, 4) is 0 Å². The summed E-state index contributed by atoms with van der Waals surface area (Å²) in [5.41, 5.74) is 1.06. The van der Waals surface area contributed by atoms with Gasteiger partial charge < -0.3 is 5.32 Å². The van der Waals surface area contributed by atoms with Crippen molar-refractivity contribution in [1.29, 1.82) is 0 Å². The van der Waals surface area contributed by atoms with Crippen LogP contribution in [0.3, 0.4) is 0 Å². The summed E-state index contributed by atoms with van der Waals surface area (Å²) in [6.07, 6.45) is 3.09. The Balaban J connectivity index is 2.28. The zero-order chi connectivity index (χ0) is 12.5. The predicted molar refractivity (Wildman–Crippen MR) is 72.4 cm³/mol. The fraction of sp³-hybridized carbons (Fsp3) is 0.500. The minimum atomic E-state index is -0.0794. The number of halogens is 1. The number of hydrogen-bond donors (Lipinski definition) is 1. The van der Waals surface area contributed by atoms with E-state index in [0.29, 0.717) is 5.88 Å². The highest BCUT2D eigenvalue weighted by Crippen LogP contribution is 2.14. The minimum Gasteiger partial charge on any atom is -0.356 e. The molecule has 1 atom stereocenters. The van der Waals surface area contributed by atoms with Gasteiger partial charge in [-0.15, -0.1) is 11.6 Å². The van der Waals surface area contributed by atoms with E-state index in [4.69, 9.17) is 11.6 Å². The standard InChI is InChI=1S/C14H20ClNO/c1-12(13-8-4-2-5-9-13)14(17)16-11-7-3-6-10-15/h2,4-5,8-9,12H,3,6-7,10-11H2,1H3,(H,16,17). The van der Waals surface area contributed by atoms with Crippen molar-refractivity contribution in [2.24, 2.45) is 0 Å². The second-order valence-electron chi connectivity index (χ2n) is 4.17. The first-order valence-electron chi connectivity index (χ1n) is 6.14. The van der Waals surface area contributed by atoms with Crippen LogP contribution < -0.4 is 5.32 Å². The van der Waals surface area contributed by atoms with Crippen LogP contribution in [0.5, 0.6) is 0 Å². The van der Waals surface area contributed by atoms with Crippen molar-refractivity contribution < 1.29 is 4.79 Å². The Labute approximate surface area is 108 Å². The Kier molecular flexibility index (Phi) is 6.71. The maximum atomic E-state index is 11.8. The quantitative estimate of drug-likeness (QED) is 0.586. The molecule has 1 aromatic rings. The Bertz CT molecular complexity index is 326. The maximum Gasteiger partial charge on any atom is 0.227 e. The SMILES string of the molecule is CC(C(=O)NCCCCCCl)c1ccccc1. The van der Waals surface area contributed by atoms with Crippen LogP contribution in [0, 0.1) is 0 Å². The second-order valence-corrected chi connectivity index (χ2v) is 4.55. The normalized spacial score (nSPS) is 12.1. The lowest BCUT2D eigenvalue weighted by Gasteiger charge is -2.12. The first-order valence-corrected chi connectivity index (χ1v) is 6.67. The maximum absolute atomic E-state index is 11.8. The molecule has 94 valence electrons. The molecule has 1 amide bonds. The largest absolute Gasteiger partial charge is 0.356 e. The van der Waals surface area contributed by atoms with Gasteiger partial charge in [-0.1, -0.05) is 36.8 Å². The first-order chi connectivity index (χ1) is 8.25. The summed E-state index contributed by atoms with van der Waals surface area (Å²) in [6, 6.07) is 9.84. The number of carbonyl (C=O) groups is 1. The molecular weight excluding hydrogens is 234 g/mol. The zero-order valence-electron chi connectivity index (χ0n) is 10.3. The van der Waals surface area contributed by atoms with Crippen LogP contribution in [0.15, 0.2) is 30.3 Å². The zero-order valence-corrected chi connectivity index (χ0v) is 11.0. The summed E-state index contributed by atoms with van der Waals surface area (Å²) >= 11 is 5.59. The van der Waals surface area contributed by atoms with E-state index in [1.807, 2.05) is 37.3 Å². The summed E-state index contributed by atoms with van der Waals surface area (Å²) in [5, 5.41) is 2.96. The molecular formula is C14H20ClNO. The Morgan fingerprint density at radius 1 is 1.24 bits per heavy atom. The van der Waals surface area contributed by atoms with Gasteiger partial charge in [-0.3, -0.25) is 4.79 Å². The van der Waals surface area contributed by atoms with Gasteiger partial charge in [-0.05, 0) is 25.3 Å². The van der Waals surface area contributed by atoms with E-state index in [1.54, 1.807) is 0 Å². The number of nitrogens with one attached hydrogen (secondary N) is 1. The molecule has 0 aliphatic rings. The fourth-order valence-electron chi connectivity index (χ4n) is 1.65. The summed E-state index contributed by atoms with van der Waals surface area (Å²) in [4.78, 5) is 11.8. The lowest BCUT2D eigenvalue weighted by molar-refractivity contribution is -0.122. The van der Waals surface area contributed by atoms with E-state index in [1.165, 1.54) is 0 Å². The van der Waals surface area contributed by atoms with E-state index in [-0.39, 0.29) is 11.8 Å². The van der Waals surface area contributed by atoms with Gasteiger partial charge in [0.25, 0.3) is 0 Å². The topological polar surface area (TPSA) is 29.1 Å². The number of benzene rings is 1. The Morgan fingerprint density at radius 3 is 2.59 bits per heavy atom. The molecule has 0 aromatic heterocycles. The van der Waals surface area contributed by atoms with E-state index in [0.717, 1.165) is 31.4 Å². The number of carbonyl (C=O) groups excluding carboxylic acids is 1. The third-order valence-corrected chi connectivity index (χ3v) is 3.07. The second kappa shape index (κ2) is 8.13. The van der Waals surface area contributed by atoms with E-state index < -0.39 is 0 Å². The summed E-state index contributed by atoms with van der Waals surface area (Å²) in [5.74, 6) is 0.722. The van der Waals surface area contributed by atoms with Crippen molar-refractivity contribution in [2.45, 2.75) is 32.1 Å². The van der Waals surface area contributed by atoms with Crippen molar-refractivity contribution in [2.75, 3.05) is 12.4 Å². The summed E-state index contributed by atoms with van der Waals surface area (Å²) in [6.45, 7) is 2.68. The molecule has 1 N–H and O–H groups in total. The lowest BCUT2D eigenvalue weighted by atomic mass is 10.0. The summed E-state index contributed by atoms with van der Waals surface area (Å²) < 4.78 is 0. The van der Waals surface area contributed by atoms with Crippen LogP contribution in [0.1, 0.15) is 37.7 Å².